The molecular weight excluding hydrogens is 384 g/mol. The van der Waals surface area contributed by atoms with Gasteiger partial charge in [-0.3, -0.25) is 4.79 Å². The number of phenols is 1. The van der Waals surface area contributed by atoms with Crippen molar-refractivity contribution in [2.75, 3.05) is 0 Å². The quantitative estimate of drug-likeness (QED) is 0.496. The minimum atomic E-state index is -1.84. The summed E-state index contributed by atoms with van der Waals surface area (Å²) in [5, 5.41) is 22.1. The molecule has 7 heteroatoms. The van der Waals surface area contributed by atoms with E-state index in [-0.39, 0.29) is 24.3 Å². The number of pyridine rings is 2. The predicted molar refractivity (Wildman–Crippen MR) is 110 cm³/mol. The number of carbonyl (C=O) groups is 1. The van der Waals surface area contributed by atoms with E-state index < -0.39 is 11.6 Å². The Bertz CT molecular complexity index is 1320. The van der Waals surface area contributed by atoms with Gasteiger partial charge in [-0.1, -0.05) is 13.8 Å². The molecule has 0 radical (unpaired) electrons. The Morgan fingerprint density at radius 3 is 2.70 bits per heavy atom. The molecule has 1 atom stereocenters. The maximum Gasteiger partial charge on any atom is 0.343 e. The van der Waals surface area contributed by atoms with Gasteiger partial charge in [-0.15, -0.1) is 0 Å². The van der Waals surface area contributed by atoms with Crippen molar-refractivity contribution in [3.8, 4) is 17.1 Å². The third-order valence-electron chi connectivity index (χ3n) is 6.55. The molecule has 0 saturated heterocycles. The molecule has 2 N–H and O–H groups in total. The van der Waals surface area contributed by atoms with Gasteiger partial charge in [-0.2, -0.15) is 0 Å². The molecular formula is C23H22N2O5. The Hall–Kier alpha value is -3.19. The molecule has 7 nitrogen and oxygen atoms in total. The minimum absolute atomic E-state index is 0.110. The van der Waals surface area contributed by atoms with Gasteiger partial charge in [0, 0.05) is 22.1 Å². The van der Waals surface area contributed by atoms with Crippen LogP contribution in [0.4, 0.5) is 0 Å². The summed E-state index contributed by atoms with van der Waals surface area (Å²) in [5.41, 5.74) is 3.28. The van der Waals surface area contributed by atoms with Gasteiger partial charge in [0.25, 0.3) is 5.56 Å². The molecule has 0 unspecified atom stereocenters. The number of aryl methyl sites for hydroxylation is 2. The number of fused-ring (bicyclic) bond motifs is 5. The van der Waals surface area contributed by atoms with E-state index in [1.165, 1.54) is 0 Å². The first kappa shape index (κ1) is 18.8. The lowest BCUT2D eigenvalue weighted by molar-refractivity contribution is -0.172. The van der Waals surface area contributed by atoms with Crippen molar-refractivity contribution >= 4 is 16.9 Å². The van der Waals surface area contributed by atoms with Crippen LogP contribution in [-0.4, -0.2) is 25.7 Å². The van der Waals surface area contributed by atoms with E-state index >= 15 is 0 Å². The summed E-state index contributed by atoms with van der Waals surface area (Å²) in [7, 11) is 0. The Morgan fingerprint density at radius 1 is 1.23 bits per heavy atom. The summed E-state index contributed by atoms with van der Waals surface area (Å²) in [6.45, 7) is 5.80. The normalized spacial score (nSPS) is 19.4. The maximum absolute atomic E-state index is 13.3. The second-order valence-electron chi connectivity index (χ2n) is 7.98. The van der Waals surface area contributed by atoms with Crippen LogP contribution >= 0.6 is 0 Å². The molecule has 0 fully saturated rings. The van der Waals surface area contributed by atoms with Gasteiger partial charge < -0.3 is 19.5 Å². The fourth-order valence-corrected chi connectivity index (χ4v) is 4.83. The fraction of sp³-hybridized carbons (Fsp3) is 0.348. The molecule has 0 aliphatic carbocycles. The second kappa shape index (κ2) is 6.15. The number of esters is 1. The molecule has 0 amide bonds. The number of aromatic nitrogens is 2. The van der Waals surface area contributed by atoms with Crippen molar-refractivity contribution in [3.63, 3.8) is 0 Å². The minimum Gasteiger partial charge on any atom is -0.508 e. The summed E-state index contributed by atoms with van der Waals surface area (Å²) in [6, 6.07) is 5.12. The molecule has 2 aliphatic heterocycles. The first-order valence-electron chi connectivity index (χ1n) is 10.1. The maximum atomic E-state index is 13.3. The number of cyclic esters (lactones) is 1. The summed E-state index contributed by atoms with van der Waals surface area (Å²) in [5.74, 6) is -0.516. The van der Waals surface area contributed by atoms with Crippen LogP contribution in [-0.2, 0) is 34.7 Å². The number of phenolic OH excluding ortho intramolecular Hbond substituents is 1. The van der Waals surface area contributed by atoms with Crippen molar-refractivity contribution in [1.82, 2.24) is 9.55 Å². The van der Waals surface area contributed by atoms with Gasteiger partial charge in [-0.25, -0.2) is 9.78 Å². The van der Waals surface area contributed by atoms with Gasteiger partial charge >= 0.3 is 5.97 Å². The number of rotatable bonds is 2. The lowest BCUT2D eigenvalue weighted by Gasteiger charge is -2.31. The van der Waals surface area contributed by atoms with Crippen LogP contribution in [0.3, 0.4) is 0 Å². The number of aliphatic hydroxyl groups is 1. The number of carbonyl (C=O) groups excluding carboxylic acids is 1. The second-order valence-corrected chi connectivity index (χ2v) is 7.98. The van der Waals surface area contributed by atoms with Crippen LogP contribution in [0.25, 0.3) is 22.3 Å². The van der Waals surface area contributed by atoms with Crippen molar-refractivity contribution in [1.29, 1.82) is 0 Å². The van der Waals surface area contributed by atoms with Gasteiger partial charge in [-0.05, 0) is 43.5 Å². The van der Waals surface area contributed by atoms with Crippen LogP contribution in [0.15, 0.2) is 23.0 Å². The molecule has 1 aromatic carbocycles. The zero-order valence-electron chi connectivity index (χ0n) is 17.1. The van der Waals surface area contributed by atoms with Gasteiger partial charge in [0.2, 0.25) is 0 Å². The number of nitrogens with zero attached hydrogens (tertiary/aromatic N) is 2. The summed E-state index contributed by atoms with van der Waals surface area (Å²) < 4.78 is 6.76. The number of ether oxygens (including phenoxy) is 1. The molecule has 0 bridgehead atoms. The molecule has 154 valence electrons. The largest absolute Gasteiger partial charge is 0.508 e. The van der Waals surface area contributed by atoms with Crippen LogP contribution in [0.2, 0.25) is 0 Å². The molecule has 2 aromatic heterocycles. The van der Waals surface area contributed by atoms with E-state index in [0.717, 1.165) is 27.6 Å². The first-order valence-corrected chi connectivity index (χ1v) is 10.1. The first-order chi connectivity index (χ1) is 14.3. The van der Waals surface area contributed by atoms with E-state index in [0.29, 0.717) is 35.5 Å². The van der Waals surface area contributed by atoms with Crippen LogP contribution in [0.1, 0.15) is 48.1 Å². The monoisotopic (exact) mass is 406 g/mol. The van der Waals surface area contributed by atoms with E-state index in [1.54, 1.807) is 29.7 Å². The highest BCUT2D eigenvalue weighted by molar-refractivity contribution is 5.92. The topological polar surface area (TPSA) is 102 Å². The van der Waals surface area contributed by atoms with Crippen LogP contribution in [0, 0.1) is 6.92 Å². The Kier molecular flexibility index (Phi) is 3.86. The van der Waals surface area contributed by atoms with Crippen molar-refractivity contribution in [2.45, 2.75) is 52.4 Å². The average molecular weight is 406 g/mol. The number of aromatic hydroxyl groups is 1. The summed E-state index contributed by atoms with van der Waals surface area (Å²) >= 11 is 0. The van der Waals surface area contributed by atoms with Crippen LogP contribution in [0.5, 0.6) is 5.75 Å². The molecule has 0 saturated carbocycles. The lowest BCUT2D eigenvalue weighted by Crippen LogP contribution is -2.44. The standard InChI is InChI=1S/C23H22N2O5/c1-4-12-13-9-25-17(20(13)24-16-6-7-18(26)11(3)19(12)16)8-15-14(21(25)27)10-30-22(28)23(15,29)5-2/h6-8,26,29H,4-5,9-10H2,1-3H3/t23-/m0/s1. The highest BCUT2D eigenvalue weighted by Gasteiger charge is 2.45. The average Bonchev–Trinajstić information content (AvgIpc) is 3.11. The lowest BCUT2D eigenvalue weighted by atomic mass is 9.86. The molecule has 3 aromatic rings. The van der Waals surface area contributed by atoms with Gasteiger partial charge in [0.15, 0.2) is 5.60 Å². The summed E-state index contributed by atoms with van der Waals surface area (Å²) in [6.07, 6.45) is 0.826. The van der Waals surface area contributed by atoms with E-state index in [2.05, 4.69) is 0 Å². The molecule has 0 spiro atoms. The zero-order chi connectivity index (χ0) is 21.4. The SMILES string of the molecule is CCc1c2c(nc3ccc(O)c(C)c13)-c1cc3c(c(=O)n1C2)COC(=O)[C@]3(O)CC. The van der Waals surface area contributed by atoms with Crippen molar-refractivity contribution in [2.24, 2.45) is 0 Å². The highest BCUT2D eigenvalue weighted by Crippen LogP contribution is 2.41. The summed E-state index contributed by atoms with van der Waals surface area (Å²) in [4.78, 5) is 30.4. The number of hydrogen-bond acceptors (Lipinski definition) is 6. The van der Waals surface area contributed by atoms with Crippen molar-refractivity contribution in [3.05, 3.63) is 56.4 Å². The third-order valence-corrected chi connectivity index (χ3v) is 6.55. The Balaban J connectivity index is 1.85. The molecule has 5 rings (SSSR count). The highest BCUT2D eigenvalue weighted by atomic mass is 16.6. The smallest absolute Gasteiger partial charge is 0.343 e. The van der Waals surface area contributed by atoms with E-state index in [9.17, 15) is 19.8 Å². The Morgan fingerprint density at radius 2 is 2.00 bits per heavy atom. The van der Waals surface area contributed by atoms with Gasteiger partial charge in [0.1, 0.15) is 12.4 Å². The Labute approximate surface area is 172 Å². The molecule has 2 aliphatic rings. The molecule has 4 heterocycles. The zero-order valence-corrected chi connectivity index (χ0v) is 17.1. The van der Waals surface area contributed by atoms with Crippen LogP contribution < -0.4 is 5.56 Å². The number of benzene rings is 1. The van der Waals surface area contributed by atoms with Crippen molar-refractivity contribution < 1.29 is 19.7 Å². The third kappa shape index (κ3) is 2.21. The number of hydrogen-bond donors (Lipinski definition) is 2. The fourth-order valence-electron chi connectivity index (χ4n) is 4.83. The predicted octanol–water partition coefficient (Wildman–Crippen LogP) is 2.66. The molecule has 30 heavy (non-hydrogen) atoms. The van der Waals surface area contributed by atoms with E-state index in [1.807, 2.05) is 13.8 Å². The van der Waals surface area contributed by atoms with Gasteiger partial charge in [0.05, 0.1) is 29.0 Å². The van der Waals surface area contributed by atoms with E-state index in [4.69, 9.17) is 9.72 Å².